The molecule has 0 aromatic heterocycles. The lowest BCUT2D eigenvalue weighted by molar-refractivity contribution is 0.141. The summed E-state index contributed by atoms with van der Waals surface area (Å²) in [5.41, 5.74) is 6.73. The Labute approximate surface area is 101 Å². The average molecular weight is 242 g/mol. The summed E-state index contributed by atoms with van der Waals surface area (Å²) in [6.45, 7) is 5.12. The first-order valence-corrected chi connectivity index (χ1v) is 5.55. The van der Waals surface area contributed by atoms with Crippen molar-refractivity contribution in [2.24, 2.45) is 0 Å². The van der Waals surface area contributed by atoms with E-state index in [0.29, 0.717) is 24.6 Å². The molecule has 0 fully saturated rings. The van der Waals surface area contributed by atoms with Gasteiger partial charge in [0.25, 0.3) is 0 Å². The van der Waals surface area contributed by atoms with Crippen molar-refractivity contribution in [3.63, 3.8) is 0 Å². The van der Waals surface area contributed by atoms with E-state index in [4.69, 9.17) is 15.2 Å². The average Bonchev–Trinajstić information content (AvgIpc) is 2.30. The van der Waals surface area contributed by atoms with Crippen LogP contribution in [0.5, 0.6) is 5.75 Å². The highest BCUT2D eigenvalue weighted by Gasteiger charge is 2.10. The Bertz CT molecular complexity index is 372. The van der Waals surface area contributed by atoms with E-state index in [2.05, 4.69) is 5.32 Å². The number of methoxy groups -OCH3 is 1. The Morgan fingerprint density at radius 2 is 2.18 bits per heavy atom. The van der Waals surface area contributed by atoms with E-state index in [9.17, 15) is 4.39 Å². The lowest BCUT2D eigenvalue weighted by Gasteiger charge is -2.17. The van der Waals surface area contributed by atoms with Crippen LogP contribution in [0.15, 0.2) is 12.1 Å². The largest absolute Gasteiger partial charge is 0.494 e. The van der Waals surface area contributed by atoms with Crippen molar-refractivity contribution < 1.29 is 13.9 Å². The number of nitrogens with two attached hydrogens (primary N) is 1. The molecule has 5 heteroatoms. The summed E-state index contributed by atoms with van der Waals surface area (Å²) >= 11 is 0. The zero-order chi connectivity index (χ0) is 12.8. The molecule has 0 saturated carbocycles. The van der Waals surface area contributed by atoms with Gasteiger partial charge in [-0.3, -0.25) is 0 Å². The van der Waals surface area contributed by atoms with Gasteiger partial charge < -0.3 is 20.5 Å². The molecule has 0 aliphatic heterocycles. The van der Waals surface area contributed by atoms with Crippen LogP contribution in [0.4, 0.5) is 15.8 Å². The number of benzene rings is 1. The number of halogens is 1. The standard InChI is InChI=1S/C12H19FN2O2/c1-4-17-7-8(2)15-11-6-12(16-3)9(13)5-10(11)14/h5-6,8,15H,4,7,14H2,1-3H3. The van der Waals surface area contributed by atoms with Gasteiger partial charge in [-0.1, -0.05) is 0 Å². The Morgan fingerprint density at radius 3 is 2.76 bits per heavy atom. The number of nitrogen functional groups attached to an aromatic ring is 1. The molecule has 0 radical (unpaired) electrons. The molecule has 1 unspecified atom stereocenters. The minimum atomic E-state index is -0.465. The minimum Gasteiger partial charge on any atom is -0.494 e. The number of anilines is 2. The van der Waals surface area contributed by atoms with Crippen LogP contribution in [0.1, 0.15) is 13.8 Å². The SMILES string of the molecule is CCOCC(C)Nc1cc(OC)c(F)cc1N. The van der Waals surface area contributed by atoms with Crippen LogP contribution in [0.25, 0.3) is 0 Å². The van der Waals surface area contributed by atoms with Gasteiger partial charge in [-0.2, -0.15) is 0 Å². The Morgan fingerprint density at radius 1 is 1.47 bits per heavy atom. The monoisotopic (exact) mass is 242 g/mol. The van der Waals surface area contributed by atoms with Crippen LogP contribution in [0.2, 0.25) is 0 Å². The molecule has 0 aliphatic rings. The van der Waals surface area contributed by atoms with Crippen molar-refractivity contribution in [3.05, 3.63) is 17.9 Å². The Kier molecular flexibility index (Phi) is 5.03. The third kappa shape index (κ3) is 3.78. The first-order chi connectivity index (χ1) is 8.08. The van der Waals surface area contributed by atoms with Crippen molar-refractivity contribution in [1.29, 1.82) is 0 Å². The van der Waals surface area contributed by atoms with E-state index in [-0.39, 0.29) is 11.8 Å². The lowest BCUT2D eigenvalue weighted by Crippen LogP contribution is -2.22. The maximum absolute atomic E-state index is 13.3. The summed E-state index contributed by atoms with van der Waals surface area (Å²) in [5.74, 6) is -0.293. The number of hydrogen-bond donors (Lipinski definition) is 2. The fourth-order valence-electron chi connectivity index (χ4n) is 1.45. The minimum absolute atomic E-state index is 0.0902. The zero-order valence-corrected chi connectivity index (χ0v) is 10.4. The van der Waals surface area contributed by atoms with Gasteiger partial charge in [0.05, 0.1) is 25.1 Å². The quantitative estimate of drug-likeness (QED) is 0.751. The van der Waals surface area contributed by atoms with E-state index in [1.165, 1.54) is 13.2 Å². The van der Waals surface area contributed by atoms with Crippen molar-refractivity contribution >= 4 is 11.4 Å². The number of nitrogens with one attached hydrogen (secondary N) is 1. The smallest absolute Gasteiger partial charge is 0.167 e. The van der Waals surface area contributed by atoms with Crippen molar-refractivity contribution in [2.75, 3.05) is 31.4 Å². The van der Waals surface area contributed by atoms with Crippen LogP contribution in [-0.2, 0) is 4.74 Å². The highest BCUT2D eigenvalue weighted by atomic mass is 19.1. The molecule has 0 saturated heterocycles. The van der Waals surface area contributed by atoms with Gasteiger partial charge in [0.1, 0.15) is 0 Å². The summed E-state index contributed by atoms with van der Waals surface area (Å²) in [6, 6.07) is 2.88. The van der Waals surface area contributed by atoms with Gasteiger partial charge in [0.15, 0.2) is 11.6 Å². The predicted octanol–water partition coefficient (Wildman–Crippen LogP) is 2.25. The van der Waals surface area contributed by atoms with Crippen LogP contribution >= 0.6 is 0 Å². The van der Waals surface area contributed by atoms with Gasteiger partial charge in [0.2, 0.25) is 0 Å². The maximum Gasteiger partial charge on any atom is 0.167 e. The van der Waals surface area contributed by atoms with E-state index in [1.54, 1.807) is 6.07 Å². The van der Waals surface area contributed by atoms with E-state index in [1.807, 2.05) is 13.8 Å². The number of hydrogen-bond acceptors (Lipinski definition) is 4. The molecule has 0 spiro atoms. The second kappa shape index (κ2) is 6.30. The summed E-state index contributed by atoms with van der Waals surface area (Å²) in [4.78, 5) is 0. The summed E-state index contributed by atoms with van der Waals surface area (Å²) in [5, 5.41) is 3.15. The molecule has 0 aliphatic carbocycles. The molecule has 1 rings (SSSR count). The summed E-state index contributed by atoms with van der Waals surface area (Å²) in [7, 11) is 1.42. The predicted molar refractivity (Wildman–Crippen MR) is 66.9 cm³/mol. The van der Waals surface area contributed by atoms with Crippen LogP contribution < -0.4 is 15.8 Å². The fraction of sp³-hybridized carbons (Fsp3) is 0.500. The summed E-state index contributed by atoms with van der Waals surface area (Å²) < 4.78 is 23.5. The molecule has 4 nitrogen and oxygen atoms in total. The van der Waals surface area contributed by atoms with Gasteiger partial charge in [0, 0.05) is 24.8 Å². The van der Waals surface area contributed by atoms with Crippen LogP contribution in [0.3, 0.4) is 0 Å². The van der Waals surface area contributed by atoms with Crippen molar-refractivity contribution in [3.8, 4) is 5.75 Å². The molecule has 1 atom stereocenters. The second-order valence-corrected chi connectivity index (χ2v) is 3.78. The molecule has 0 amide bonds. The molecule has 1 aromatic carbocycles. The van der Waals surface area contributed by atoms with Gasteiger partial charge >= 0.3 is 0 Å². The topological polar surface area (TPSA) is 56.5 Å². The molecular weight excluding hydrogens is 223 g/mol. The van der Waals surface area contributed by atoms with Crippen molar-refractivity contribution in [1.82, 2.24) is 0 Å². The van der Waals surface area contributed by atoms with Gasteiger partial charge in [-0.05, 0) is 13.8 Å². The number of ether oxygens (including phenoxy) is 2. The molecule has 1 aromatic rings. The van der Waals surface area contributed by atoms with Gasteiger partial charge in [-0.25, -0.2) is 4.39 Å². The number of rotatable bonds is 6. The van der Waals surface area contributed by atoms with Gasteiger partial charge in [-0.15, -0.1) is 0 Å². The Balaban J connectivity index is 2.76. The summed E-state index contributed by atoms with van der Waals surface area (Å²) in [6.07, 6.45) is 0. The third-order valence-corrected chi connectivity index (χ3v) is 2.30. The van der Waals surface area contributed by atoms with E-state index in [0.717, 1.165) is 0 Å². The third-order valence-electron chi connectivity index (χ3n) is 2.30. The molecule has 96 valence electrons. The van der Waals surface area contributed by atoms with E-state index >= 15 is 0 Å². The molecular formula is C12H19FN2O2. The fourth-order valence-corrected chi connectivity index (χ4v) is 1.45. The normalized spacial score (nSPS) is 12.2. The van der Waals surface area contributed by atoms with Crippen LogP contribution in [-0.4, -0.2) is 26.4 Å². The first kappa shape index (κ1) is 13.6. The first-order valence-electron chi connectivity index (χ1n) is 5.55. The zero-order valence-electron chi connectivity index (χ0n) is 10.4. The molecule has 17 heavy (non-hydrogen) atoms. The highest BCUT2D eigenvalue weighted by molar-refractivity contribution is 5.68. The highest BCUT2D eigenvalue weighted by Crippen LogP contribution is 2.28. The molecule has 0 heterocycles. The maximum atomic E-state index is 13.3. The van der Waals surface area contributed by atoms with E-state index < -0.39 is 5.82 Å². The molecule has 3 N–H and O–H groups in total. The lowest BCUT2D eigenvalue weighted by atomic mass is 10.2. The Hall–Kier alpha value is -1.49. The second-order valence-electron chi connectivity index (χ2n) is 3.78. The van der Waals surface area contributed by atoms with Crippen LogP contribution in [0, 0.1) is 5.82 Å². The van der Waals surface area contributed by atoms with Crippen molar-refractivity contribution in [2.45, 2.75) is 19.9 Å². The molecule has 0 bridgehead atoms.